The number of rotatable bonds is 5. The Bertz CT molecular complexity index is 1240. The number of hydrogen-bond donors (Lipinski definition) is 2. The zero-order chi connectivity index (χ0) is 22.1. The van der Waals surface area contributed by atoms with Gasteiger partial charge in [-0.2, -0.15) is 0 Å². The Balaban J connectivity index is 1.66. The fraction of sp³-hybridized carbons (Fsp3) is 0.296. The van der Waals surface area contributed by atoms with Crippen LogP contribution < -0.4 is 10.1 Å². The highest BCUT2D eigenvalue weighted by molar-refractivity contribution is 6.36. The molecule has 2 N–H and O–H groups in total. The summed E-state index contributed by atoms with van der Waals surface area (Å²) in [5, 5.41) is 5.41. The number of H-pyrrole nitrogens is 1. The molecule has 1 aliphatic heterocycles. The predicted molar refractivity (Wildman–Crippen MR) is 133 cm³/mol. The molecule has 0 aliphatic carbocycles. The SMILES string of the molecule is COc1cccc(-c2cncc(-c3c(C(C)C4CCCNC4)[nH]c4cccc(Cl)c34)c2)c1. The predicted octanol–water partition coefficient (Wildman–Crippen LogP) is 6.66. The summed E-state index contributed by atoms with van der Waals surface area (Å²) in [5.74, 6) is 1.80. The van der Waals surface area contributed by atoms with E-state index in [0.717, 1.165) is 51.5 Å². The minimum absolute atomic E-state index is 0.377. The smallest absolute Gasteiger partial charge is 0.119 e. The minimum atomic E-state index is 0.377. The van der Waals surface area contributed by atoms with Crippen LogP contribution in [0.1, 0.15) is 31.4 Å². The lowest BCUT2D eigenvalue weighted by atomic mass is 9.83. The fourth-order valence-electron chi connectivity index (χ4n) is 4.94. The van der Waals surface area contributed by atoms with Crippen LogP contribution in [0.4, 0.5) is 0 Å². The molecule has 5 heteroatoms. The monoisotopic (exact) mass is 445 g/mol. The van der Waals surface area contributed by atoms with Gasteiger partial charge >= 0.3 is 0 Å². The van der Waals surface area contributed by atoms with Crippen molar-refractivity contribution in [2.75, 3.05) is 20.2 Å². The van der Waals surface area contributed by atoms with Crippen LogP contribution >= 0.6 is 11.6 Å². The second-order valence-corrected chi connectivity index (χ2v) is 9.07. The van der Waals surface area contributed by atoms with Crippen molar-refractivity contribution in [3.8, 4) is 28.0 Å². The highest BCUT2D eigenvalue weighted by Crippen LogP contribution is 2.43. The van der Waals surface area contributed by atoms with Crippen LogP contribution in [0.25, 0.3) is 33.2 Å². The van der Waals surface area contributed by atoms with E-state index in [1.54, 1.807) is 7.11 Å². The van der Waals surface area contributed by atoms with Crippen molar-refractivity contribution >= 4 is 22.5 Å². The molecule has 2 atom stereocenters. The van der Waals surface area contributed by atoms with Gasteiger partial charge in [-0.25, -0.2) is 0 Å². The molecule has 1 aliphatic rings. The van der Waals surface area contributed by atoms with Crippen LogP contribution in [-0.4, -0.2) is 30.2 Å². The van der Waals surface area contributed by atoms with Crippen LogP contribution in [0, 0.1) is 5.92 Å². The number of aromatic nitrogens is 2. The number of pyridine rings is 1. The van der Waals surface area contributed by atoms with E-state index in [-0.39, 0.29) is 0 Å². The number of piperidine rings is 1. The summed E-state index contributed by atoms with van der Waals surface area (Å²) in [6.45, 7) is 4.49. The molecule has 0 bridgehead atoms. The van der Waals surface area contributed by atoms with Gasteiger partial charge < -0.3 is 15.0 Å². The molecular weight excluding hydrogens is 418 g/mol. The number of hydrogen-bond acceptors (Lipinski definition) is 3. The van der Waals surface area contributed by atoms with E-state index in [2.05, 4.69) is 40.4 Å². The molecular formula is C27H28ClN3O. The molecule has 32 heavy (non-hydrogen) atoms. The lowest BCUT2D eigenvalue weighted by Gasteiger charge is -2.28. The van der Waals surface area contributed by atoms with Crippen LogP contribution in [0.5, 0.6) is 5.75 Å². The zero-order valence-corrected chi connectivity index (χ0v) is 19.2. The largest absolute Gasteiger partial charge is 0.497 e. The normalized spacial score (nSPS) is 17.4. The summed E-state index contributed by atoms with van der Waals surface area (Å²) in [6.07, 6.45) is 6.31. The summed E-state index contributed by atoms with van der Waals surface area (Å²) >= 11 is 6.74. The number of nitrogens with zero attached hydrogens (tertiary/aromatic N) is 1. The van der Waals surface area contributed by atoms with E-state index >= 15 is 0 Å². The molecule has 164 valence electrons. The number of benzene rings is 2. The van der Waals surface area contributed by atoms with Crippen molar-refractivity contribution in [1.82, 2.24) is 15.3 Å². The highest BCUT2D eigenvalue weighted by atomic mass is 35.5. The van der Waals surface area contributed by atoms with E-state index in [9.17, 15) is 0 Å². The van der Waals surface area contributed by atoms with E-state index in [1.807, 2.05) is 42.7 Å². The number of aromatic amines is 1. The van der Waals surface area contributed by atoms with Crippen LogP contribution in [0.3, 0.4) is 0 Å². The van der Waals surface area contributed by atoms with Gasteiger partial charge in [0.15, 0.2) is 0 Å². The molecule has 0 radical (unpaired) electrons. The lowest BCUT2D eigenvalue weighted by molar-refractivity contribution is 0.332. The molecule has 0 amide bonds. The van der Waals surface area contributed by atoms with E-state index < -0.39 is 0 Å². The van der Waals surface area contributed by atoms with E-state index in [0.29, 0.717) is 11.8 Å². The molecule has 0 saturated carbocycles. The summed E-state index contributed by atoms with van der Waals surface area (Å²) < 4.78 is 5.42. The Morgan fingerprint density at radius 2 is 1.91 bits per heavy atom. The first kappa shape index (κ1) is 21.0. The average Bonchev–Trinajstić information content (AvgIpc) is 3.25. The summed E-state index contributed by atoms with van der Waals surface area (Å²) in [5.41, 5.74) is 6.70. The number of fused-ring (bicyclic) bond motifs is 1. The highest BCUT2D eigenvalue weighted by Gasteiger charge is 2.27. The van der Waals surface area contributed by atoms with Crippen LogP contribution in [-0.2, 0) is 0 Å². The molecule has 1 fully saturated rings. The van der Waals surface area contributed by atoms with Gasteiger partial charge in [0.2, 0.25) is 0 Å². The molecule has 0 spiro atoms. The third kappa shape index (κ3) is 3.89. The van der Waals surface area contributed by atoms with Crippen molar-refractivity contribution < 1.29 is 4.74 Å². The van der Waals surface area contributed by atoms with Gasteiger partial charge in [-0.05, 0) is 67.7 Å². The van der Waals surface area contributed by atoms with Gasteiger partial charge in [-0.1, -0.05) is 36.7 Å². The first-order valence-corrected chi connectivity index (χ1v) is 11.6. The molecule has 2 aromatic carbocycles. The van der Waals surface area contributed by atoms with Gasteiger partial charge in [0.1, 0.15) is 5.75 Å². The Hall–Kier alpha value is -2.82. The van der Waals surface area contributed by atoms with Crippen molar-refractivity contribution in [2.45, 2.75) is 25.7 Å². The van der Waals surface area contributed by atoms with Gasteiger partial charge in [0.05, 0.1) is 12.1 Å². The summed E-state index contributed by atoms with van der Waals surface area (Å²) in [4.78, 5) is 8.33. The van der Waals surface area contributed by atoms with Gasteiger partial charge in [-0.3, -0.25) is 4.98 Å². The van der Waals surface area contributed by atoms with E-state index in [1.165, 1.54) is 24.1 Å². The second-order valence-electron chi connectivity index (χ2n) is 8.67. The number of methoxy groups -OCH3 is 1. The van der Waals surface area contributed by atoms with Crippen molar-refractivity contribution in [3.63, 3.8) is 0 Å². The Morgan fingerprint density at radius 1 is 1.06 bits per heavy atom. The Kier molecular flexibility index (Phi) is 5.90. The first-order chi connectivity index (χ1) is 15.7. The molecule has 4 nitrogen and oxygen atoms in total. The van der Waals surface area contributed by atoms with Crippen molar-refractivity contribution in [2.24, 2.45) is 5.92 Å². The van der Waals surface area contributed by atoms with E-state index in [4.69, 9.17) is 16.3 Å². The topological polar surface area (TPSA) is 49.9 Å². The maximum atomic E-state index is 6.74. The van der Waals surface area contributed by atoms with Crippen LogP contribution in [0.15, 0.2) is 60.9 Å². The Morgan fingerprint density at radius 3 is 2.72 bits per heavy atom. The maximum absolute atomic E-state index is 6.74. The Labute approximate surface area is 194 Å². The van der Waals surface area contributed by atoms with Crippen molar-refractivity contribution in [3.05, 3.63) is 71.6 Å². The minimum Gasteiger partial charge on any atom is -0.497 e. The fourth-order valence-corrected chi connectivity index (χ4v) is 5.21. The third-order valence-electron chi connectivity index (χ3n) is 6.73. The summed E-state index contributed by atoms with van der Waals surface area (Å²) in [6, 6.07) is 16.4. The quantitative estimate of drug-likeness (QED) is 0.361. The van der Waals surface area contributed by atoms with Gasteiger partial charge in [-0.15, -0.1) is 0 Å². The third-order valence-corrected chi connectivity index (χ3v) is 7.04. The van der Waals surface area contributed by atoms with Crippen LogP contribution in [0.2, 0.25) is 5.02 Å². The molecule has 5 rings (SSSR count). The number of nitrogens with one attached hydrogen (secondary N) is 2. The maximum Gasteiger partial charge on any atom is 0.119 e. The lowest BCUT2D eigenvalue weighted by Crippen LogP contribution is -2.32. The molecule has 2 unspecified atom stereocenters. The zero-order valence-electron chi connectivity index (χ0n) is 18.5. The molecule has 4 aromatic rings. The summed E-state index contributed by atoms with van der Waals surface area (Å²) in [7, 11) is 1.69. The number of halogens is 1. The molecule has 1 saturated heterocycles. The number of ether oxygens (including phenoxy) is 1. The molecule has 2 aromatic heterocycles. The second kappa shape index (κ2) is 8.97. The average molecular weight is 446 g/mol. The first-order valence-electron chi connectivity index (χ1n) is 11.3. The van der Waals surface area contributed by atoms with Crippen molar-refractivity contribution in [1.29, 1.82) is 0 Å². The van der Waals surface area contributed by atoms with Gasteiger partial charge in [0, 0.05) is 51.6 Å². The molecule has 3 heterocycles. The standard InChI is InChI=1S/C27H28ClN3O/c1-17(19-7-5-11-29-14-19)27-25(26-23(28)9-4-10-24(26)31-27)21-12-20(15-30-16-21)18-6-3-8-22(13-18)32-2/h3-4,6,8-10,12-13,15-17,19,29,31H,5,7,11,14H2,1-2H3. The van der Waals surface area contributed by atoms with Gasteiger partial charge in [0.25, 0.3) is 0 Å².